The Labute approximate surface area is 146 Å². The van der Waals surface area contributed by atoms with E-state index in [4.69, 9.17) is 13.9 Å². The van der Waals surface area contributed by atoms with Crippen molar-refractivity contribution in [2.75, 3.05) is 14.2 Å². The summed E-state index contributed by atoms with van der Waals surface area (Å²) < 4.78 is 29.8. The fraction of sp³-hybridized carbons (Fsp3) is 0.250. The molecule has 4 nitrogen and oxygen atoms in total. The minimum absolute atomic E-state index is 0.265. The van der Waals surface area contributed by atoms with E-state index in [0.717, 1.165) is 22.4 Å². The SMILES string of the molecule is COc1cc(OC)c(C(C)C)cc1-c1ncoc1-c1ccc(F)cc1. The highest BCUT2D eigenvalue weighted by molar-refractivity contribution is 5.81. The quantitative estimate of drug-likeness (QED) is 0.632. The van der Waals surface area contributed by atoms with Gasteiger partial charge < -0.3 is 13.9 Å². The molecule has 3 aromatic rings. The van der Waals surface area contributed by atoms with Gasteiger partial charge in [-0.15, -0.1) is 0 Å². The van der Waals surface area contributed by atoms with Gasteiger partial charge in [-0.05, 0) is 41.8 Å². The van der Waals surface area contributed by atoms with Crippen LogP contribution < -0.4 is 9.47 Å². The van der Waals surface area contributed by atoms with E-state index in [1.165, 1.54) is 18.5 Å². The van der Waals surface area contributed by atoms with Crippen LogP contribution >= 0.6 is 0 Å². The van der Waals surface area contributed by atoms with E-state index in [1.54, 1.807) is 26.4 Å². The summed E-state index contributed by atoms with van der Waals surface area (Å²) in [7, 11) is 3.24. The van der Waals surface area contributed by atoms with Gasteiger partial charge in [-0.2, -0.15) is 0 Å². The molecule has 0 aliphatic heterocycles. The van der Waals surface area contributed by atoms with E-state index < -0.39 is 0 Å². The maximum absolute atomic E-state index is 13.2. The largest absolute Gasteiger partial charge is 0.496 e. The van der Waals surface area contributed by atoms with Crippen LogP contribution in [0.4, 0.5) is 4.39 Å². The van der Waals surface area contributed by atoms with Crippen LogP contribution in [-0.4, -0.2) is 19.2 Å². The van der Waals surface area contributed by atoms with Crippen molar-refractivity contribution in [3.8, 4) is 34.1 Å². The minimum atomic E-state index is -0.297. The van der Waals surface area contributed by atoms with Crippen LogP contribution in [0.2, 0.25) is 0 Å². The fourth-order valence-electron chi connectivity index (χ4n) is 2.80. The van der Waals surface area contributed by atoms with E-state index >= 15 is 0 Å². The standard InChI is InChI=1S/C20H20FNO3/c1-12(2)15-9-16(18(24-4)10-17(15)23-3)19-20(25-11-22-19)13-5-7-14(21)8-6-13/h5-12H,1-4H3. The molecule has 0 unspecified atom stereocenters. The van der Waals surface area contributed by atoms with Gasteiger partial charge in [0.25, 0.3) is 0 Å². The van der Waals surface area contributed by atoms with E-state index in [-0.39, 0.29) is 11.7 Å². The number of aromatic nitrogens is 1. The van der Waals surface area contributed by atoms with Gasteiger partial charge in [0.15, 0.2) is 12.2 Å². The summed E-state index contributed by atoms with van der Waals surface area (Å²) in [6, 6.07) is 9.98. The molecule has 0 fully saturated rings. The van der Waals surface area contributed by atoms with Gasteiger partial charge in [0.1, 0.15) is 23.0 Å². The van der Waals surface area contributed by atoms with Gasteiger partial charge in [0, 0.05) is 17.2 Å². The van der Waals surface area contributed by atoms with Crippen LogP contribution in [0, 0.1) is 5.82 Å². The van der Waals surface area contributed by atoms with Crippen molar-refractivity contribution in [3.63, 3.8) is 0 Å². The number of nitrogens with zero attached hydrogens (tertiary/aromatic N) is 1. The Hall–Kier alpha value is -2.82. The highest BCUT2D eigenvalue weighted by atomic mass is 19.1. The summed E-state index contributed by atoms with van der Waals surface area (Å²) in [6.45, 7) is 4.19. The lowest BCUT2D eigenvalue weighted by Gasteiger charge is -2.16. The van der Waals surface area contributed by atoms with Crippen molar-refractivity contribution in [1.29, 1.82) is 0 Å². The van der Waals surface area contributed by atoms with Crippen molar-refractivity contribution in [2.24, 2.45) is 0 Å². The third-order valence-electron chi connectivity index (χ3n) is 4.10. The predicted octanol–water partition coefficient (Wildman–Crippen LogP) is 5.29. The summed E-state index contributed by atoms with van der Waals surface area (Å²) in [5.74, 6) is 1.94. The Morgan fingerprint density at radius 3 is 2.28 bits per heavy atom. The van der Waals surface area contributed by atoms with E-state index in [2.05, 4.69) is 18.8 Å². The molecule has 3 rings (SSSR count). The first kappa shape index (κ1) is 17.0. The Morgan fingerprint density at radius 1 is 1.00 bits per heavy atom. The lowest BCUT2D eigenvalue weighted by atomic mass is 9.96. The second kappa shape index (κ2) is 6.97. The molecule has 0 aliphatic rings. The van der Waals surface area contributed by atoms with Gasteiger partial charge in [-0.25, -0.2) is 9.37 Å². The molecule has 0 saturated carbocycles. The molecule has 0 bridgehead atoms. The maximum Gasteiger partial charge on any atom is 0.182 e. The lowest BCUT2D eigenvalue weighted by molar-refractivity contribution is 0.390. The molecule has 1 aromatic heterocycles. The molecule has 0 atom stereocenters. The van der Waals surface area contributed by atoms with Gasteiger partial charge in [0.2, 0.25) is 0 Å². The van der Waals surface area contributed by atoms with E-state index in [0.29, 0.717) is 17.2 Å². The molecule has 0 amide bonds. The predicted molar refractivity (Wildman–Crippen MR) is 94.5 cm³/mol. The van der Waals surface area contributed by atoms with Crippen LogP contribution in [-0.2, 0) is 0 Å². The van der Waals surface area contributed by atoms with Crippen LogP contribution in [0.25, 0.3) is 22.6 Å². The summed E-state index contributed by atoms with van der Waals surface area (Å²) >= 11 is 0. The van der Waals surface area contributed by atoms with E-state index in [1.807, 2.05) is 12.1 Å². The normalized spacial score (nSPS) is 11.0. The van der Waals surface area contributed by atoms with Gasteiger partial charge in [-0.1, -0.05) is 13.8 Å². The topological polar surface area (TPSA) is 44.5 Å². The molecule has 0 N–H and O–H groups in total. The molecular formula is C20H20FNO3. The Kier molecular flexibility index (Phi) is 4.74. The number of hydrogen-bond donors (Lipinski definition) is 0. The minimum Gasteiger partial charge on any atom is -0.496 e. The van der Waals surface area contributed by atoms with E-state index in [9.17, 15) is 4.39 Å². The number of ether oxygens (including phenoxy) is 2. The molecule has 25 heavy (non-hydrogen) atoms. The van der Waals surface area contributed by atoms with Gasteiger partial charge in [0.05, 0.1) is 14.2 Å². The van der Waals surface area contributed by atoms with Crippen LogP contribution in [0.5, 0.6) is 11.5 Å². The zero-order valence-electron chi connectivity index (χ0n) is 14.7. The number of oxazole rings is 1. The summed E-state index contributed by atoms with van der Waals surface area (Å²) in [6.07, 6.45) is 1.38. The molecule has 0 spiro atoms. The smallest absolute Gasteiger partial charge is 0.182 e. The Bertz CT molecular complexity index is 869. The maximum atomic E-state index is 13.2. The van der Waals surface area contributed by atoms with Crippen LogP contribution in [0.15, 0.2) is 47.2 Å². The molecule has 130 valence electrons. The monoisotopic (exact) mass is 341 g/mol. The zero-order valence-corrected chi connectivity index (χ0v) is 14.7. The average Bonchev–Trinajstić information content (AvgIpc) is 3.10. The van der Waals surface area contributed by atoms with Crippen LogP contribution in [0.1, 0.15) is 25.3 Å². The number of methoxy groups -OCH3 is 2. The average molecular weight is 341 g/mol. The number of hydrogen-bond acceptors (Lipinski definition) is 4. The molecule has 5 heteroatoms. The lowest BCUT2D eigenvalue weighted by Crippen LogP contribution is -1.98. The van der Waals surface area contributed by atoms with Gasteiger partial charge >= 0.3 is 0 Å². The van der Waals surface area contributed by atoms with Crippen molar-refractivity contribution < 1.29 is 18.3 Å². The second-order valence-electron chi connectivity index (χ2n) is 5.99. The Morgan fingerprint density at radius 2 is 1.68 bits per heavy atom. The highest BCUT2D eigenvalue weighted by Gasteiger charge is 2.20. The second-order valence-corrected chi connectivity index (χ2v) is 5.99. The molecule has 1 heterocycles. The van der Waals surface area contributed by atoms with Crippen molar-refractivity contribution in [3.05, 3.63) is 54.2 Å². The van der Waals surface area contributed by atoms with Crippen LogP contribution in [0.3, 0.4) is 0 Å². The molecule has 0 radical (unpaired) electrons. The summed E-state index contributed by atoms with van der Waals surface area (Å²) in [4.78, 5) is 4.37. The van der Waals surface area contributed by atoms with Crippen molar-refractivity contribution in [2.45, 2.75) is 19.8 Å². The number of halogens is 1. The summed E-state index contributed by atoms with van der Waals surface area (Å²) in [5.41, 5.74) is 3.25. The van der Waals surface area contributed by atoms with Crippen molar-refractivity contribution in [1.82, 2.24) is 4.98 Å². The molecule has 0 saturated heterocycles. The first-order valence-electron chi connectivity index (χ1n) is 8.00. The molecular weight excluding hydrogens is 321 g/mol. The first-order chi connectivity index (χ1) is 12.0. The zero-order chi connectivity index (χ0) is 18.0. The van der Waals surface area contributed by atoms with Crippen molar-refractivity contribution >= 4 is 0 Å². The third kappa shape index (κ3) is 3.22. The first-order valence-corrected chi connectivity index (χ1v) is 8.00. The molecule has 0 aliphatic carbocycles. The number of benzene rings is 2. The fourth-order valence-corrected chi connectivity index (χ4v) is 2.80. The third-order valence-corrected chi connectivity index (χ3v) is 4.10. The molecule has 2 aromatic carbocycles. The summed E-state index contributed by atoms with van der Waals surface area (Å²) in [5, 5.41) is 0. The highest BCUT2D eigenvalue weighted by Crippen LogP contribution is 2.41. The number of rotatable bonds is 5. The Balaban J connectivity index is 2.18. The van der Waals surface area contributed by atoms with Gasteiger partial charge in [-0.3, -0.25) is 0 Å².